The van der Waals surface area contributed by atoms with Gasteiger partial charge in [-0.25, -0.2) is 0 Å². The fourth-order valence-corrected chi connectivity index (χ4v) is 10.5. The van der Waals surface area contributed by atoms with Gasteiger partial charge in [0.25, 0.3) is 0 Å². The van der Waals surface area contributed by atoms with Crippen LogP contribution in [0.3, 0.4) is 0 Å². The number of rotatable bonds is 25. The molecule has 7 N–H and O–H groups in total. The van der Waals surface area contributed by atoms with Gasteiger partial charge in [0.05, 0.1) is 31.3 Å². The monoisotopic (exact) mass is 803 g/mol. The lowest BCUT2D eigenvalue weighted by Crippen LogP contribution is -2.81. The number of unbranched alkanes of at least 4 members (excludes halogenated alkanes) is 11. The molecule has 0 bridgehead atoms. The zero-order chi connectivity index (χ0) is 40.5. The van der Waals surface area contributed by atoms with Gasteiger partial charge < -0.3 is 35.7 Å². The van der Waals surface area contributed by atoms with E-state index in [0.717, 1.165) is 103 Å². The van der Waals surface area contributed by atoms with Crippen LogP contribution in [0.15, 0.2) is 12.2 Å². The van der Waals surface area contributed by atoms with Crippen LogP contribution < -0.4 is 22.1 Å². The van der Waals surface area contributed by atoms with E-state index in [1.54, 1.807) is 0 Å². The van der Waals surface area contributed by atoms with E-state index in [1.807, 2.05) is 4.90 Å². The average molecular weight is 803 g/mol. The van der Waals surface area contributed by atoms with Crippen LogP contribution in [0.5, 0.6) is 0 Å². The van der Waals surface area contributed by atoms with Crippen molar-refractivity contribution in [3.8, 4) is 0 Å². The summed E-state index contributed by atoms with van der Waals surface area (Å²) in [6.45, 7) is 7.36. The lowest BCUT2D eigenvalue weighted by atomic mass is 9.79. The maximum Gasteiger partial charge on any atom is 0.314 e. The molecule has 1 unspecified atom stereocenters. The van der Waals surface area contributed by atoms with Gasteiger partial charge in [0.2, 0.25) is 5.91 Å². The Bertz CT molecular complexity index is 1230. The Morgan fingerprint density at radius 3 is 2.30 bits per heavy atom. The average Bonchev–Trinajstić information content (AvgIpc) is 3.49. The minimum absolute atomic E-state index is 0.0330. The topological polar surface area (TPSA) is 165 Å². The summed E-state index contributed by atoms with van der Waals surface area (Å²) in [7, 11) is 0. The van der Waals surface area contributed by atoms with Crippen molar-refractivity contribution in [2.45, 2.75) is 223 Å². The molecule has 12 heteroatoms. The predicted molar refractivity (Wildman–Crippen MR) is 226 cm³/mol. The van der Waals surface area contributed by atoms with E-state index in [2.05, 4.69) is 41.5 Å². The summed E-state index contributed by atoms with van der Waals surface area (Å²) in [5.74, 6) is -0.402. The maximum absolute atomic E-state index is 14.1. The molecule has 2 spiro atoms. The molecule has 5 heterocycles. The molecule has 0 aliphatic carbocycles. The molecule has 57 heavy (non-hydrogen) atoms. The van der Waals surface area contributed by atoms with E-state index in [9.17, 15) is 14.7 Å². The van der Waals surface area contributed by atoms with Crippen LogP contribution in [0, 0.1) is 5.92 Å². The Kier molecular flexibility index (Phi) is 19.5. The molecule has 0 saturated carbocycles. The molecular formula is C45H82N6O6. The van der Waals surface area contributed by atoms with Gasteiger partial charge in [0, 0.05) is 31.6 Å². The molecular weight excluding hydrogens is 721 g/mol. The maximum atomic E-state index is 14.1. The number of esters is 1. The third kappa shape index (κ3) is 13.4. The lowest BCUT2D eigenvalue weighted by molar-refractivity contribution is -0.255. The number of ether oxygens (including phenoxy) is 3. The number of nitrogens with zero attached hydrogens (tertiary/aromatic N) is 2. The van der Waals surface area contributed by atoms with Gasteiger partial charge in [-0.2, -0.15) is 0 Å². The fourth-order valence-electron chi connectivity index (χ4n) is 10.5. The van der Waals surface area contributed by atoms with Crippen molar-refractivity contribution in [3.63, 3.8) is 0 Å². The number of amides is 1. The zero-order valence-corrected chi connectivity index (χ0v) is 35.9. The van der Waals surface area contributed by atoms with Gasteiger partial charge in [-0.1, -0.05) is 83.3 Å². The normalized spacial score (nSPS) is 31.7. The smallest absolute Gasteiger partial charge is 0.314 e. The van der Waals surface area contributed by atoms with Crippen LogP contribution in [0.2, 0.25) is 0 Å². The van der Waals surface area contributed by atoms with Gasteiger partial charge in [-0.3, -0.25) is 25.1 Å². The standard InChI is InChI=1S/C45H82N6O6/c1-3-38-23-14-15-26-44(57-38)34-36-24-25-39-41(45(27-19-21-35(2)56-45)49-43(48-44)51(36)39)42(54)55-32-18-12-10-8-6-4-5-7-9-11-13-22-37(52)33-40(53)50(31-20-29-47)30-17-16-28-46/h14,23,35-39,41,43,48-49,52H,3-13,15-22,24-34,46-47H2,1-2H3/t35-,36+,37-,38+,39-,41-,43?,44+,45-/m1/s1. The van der Waals surface area contributed by atoms with E-state index in [0.29, 0.717) is 45.2 Å². The number of hydrogen-bond donors (Lipinski definition) is 5. The molecule has 5 rings (SSSR count). The minimum atomic E-state index is -0.729. The van der Waals surface area contributed by atoms with Crippen LogP contribution >= 0.6 is 0 Å². The highest BCUT2D eigenvalue weighted by Crippen LogP contribution is 2.49. The number of aliphatic hydroxyl groups excluding tert-OH is 1. The molecule has 328 valence electrons. The summed E-state index contributed by atoms with van der Waals surface area (Å²) in [5, 5.41) is 18.3. The van der Waals surface area contributed by atoms with Gasteiger partial charge in [0.15, 0.2) is 0 Å². The molecule has 4 saturated heterocycles. The summed E-state index contributed by atoms with van der Waals surface area (Å²) in [6, 6.07) is 0.456. The highest BCUT2D eigenvalue weighted by atomic mass is 16.6. The van der Waals surface area contributed by atoms with E-state index < -0.39 is 11.8 Å². The first-order valence-electron chi connectivity index (χ1n) is 23.6. The molecule has 0 aromatic carbocycles. The van der Waals surface area contributed by atoms with E-state index in [4.69, 9.17) is 25.7 Å². The van der Waals surface area contributed by atoms with Gasteiger partial charge in [0.1, 0.15) is 23.7 Å². The molecule has 12 nitrogen and oxygen atoms in total. The Labute approximate surface area is 345 Å². The molecule has 1 amide bonds. The molecule has 0 radical (unpaired) electrons. The molecule has 4 fully saturated rings. The van der Waals surface area contributed by atoms with Crippen LogP contribution in [0.4, 0.5) is 0 Å². The summed E-state index contributed by atoms with van der Waals surface area (Å²) < 4.78 is 19.7. The summed E-state index contributed by atoms with van der Waals surface area (Å²) in [6.07, 6.45) is 28.9. The Balaban J connectivity index is 0.940. The van der Waals surface area contributed by atoms with Gasteiger partial charge in [-0.15, -0.1) is 0 Å². The SMILES string of the molecule is CC[C@H]1C=CCC[C@@]2(C[C@@H]3CC[C@@H]4[C@H](C(=O)OCCCCCCCCCCCCC[C@@H](O)CC(=O)N(CCCN)CCCCN)[C@]5(CCC[C@@H](C)O5)NC(N2)N34)O1. The first-order valence-corrected chi connectivity index (χ1v) is 23.6. The second kappa shape index (κ2) is 24.0. The van der Waals surface area contributed by atoms with Crippen LogP contribution in [0.25, 0.3) is 0 Å². The Morgan fingerprint density at radius 2 is 1.60 bits per heavy atom. The van der Waals surface area contributed by atoms with Crippen molar-refractivity contribution >= 4 is 11.9 Å². The second-order valence-corrected chi connectivity index (χ2v) is 18.1. The van der Waals surface area contributed by atoms with Crippen molar-refractivity contribution in [2.24, 2.45) is 17.4 Å². The van der Waals surface area contributed by atoms with E-state index in [-0.39, 0.29) is 54.5 Å². The highest BCUT2D eigenvalue weighted by molar-refractivity contribution is 5.76. The molecule has 5 aliphatic heterocycles. The fraction of sp³-hybridized carbons (Fsp3) is 0.911. The summed E-state index contributed by atoms with van der Waals surface area (Å²) >= 11 is 0. The Hall–Kier alpha value is -1.64. The van der Waals surface area contributed by atoms with Gasteiger partial charge >= 0.3 is 5.97 Å². The number of nitrogens with one attached hydrogen (secondary N) is 2. The Morgan fingerprint density at radius 1 is 0.895 bits per heavy atom. The van der Waals surface area contributed by atoms with Crippen molar-refractivity contribution in [2.75, 3.05) is 32.8 Å². The summed E-state index contributed by atoms with van der Waals surface area (Å²) in [5.41, 5.74) is 10.2. The lowest BCUT2D eigenvalue weighted by Gasteiger charge is -2.60. The predicted octanol–water partition coefficient (Wildman–Crippen LogP) is 6.33. The molecule has 0 aromatic heterocycles. The quantitative estimate of drug-likeness (QED) is 0.0398. The highest BCUT2D eigenvalue weighted by Gasteiger charge is 2.63. The molecule has 0 aromatic rings. The number of carbonyl (C=O) groups excluding carboxylic acids is 2. The number of allylic oxidation sites excluding steroid dienone is 1. The molecule has 9 atom stereocenters. The van der Waals surface area contributed by atoms with Crippen molar-refractivity contribution in [1.29, 1.82) is 0 Å². The first kappa shape index (κ1) is 46.4. The van der Waals surface area contributed by atoms with Gasteiger partial charge in [-0.05, 0) is 103 Å². The van der Waals surface area contributed by atoms with E-state index >= 15 is 0 Å². The van der Waals surface area contributed by atoms with Crippen LogP contribution in [0.1, 0.15) is 174 Å². The van der Waals surface area contributed by atoms with E-state index in [1.165, 1.54) is 44.9 Å². The third-order valence-corrected chi connectivity index (χ3v) is 13.5. The van der Waals surface area contributed by atoms with Crippen LogP contribution in [-0.4, -0.2) is 108 Å². The minimum Gasteiger partial charge on any atom is -0.465 e. The number of hydrogen-bond acceptors (Lipinski definition) is 11. The van der Waals surface area contributed by atoms with Crippen molar-refractivity contribution in [1.82, 2.24) is 20.4 Å². The number of carbonyl (C=O) groups is 2. The second-order valence-electron chi connectivity index (χ2n) is 18.1. The van der Waals surface area contributed by atoms with Crippen molar-refractivity contribution in [3.05, 3.63) is 12.2 Å². The number of nitrogens with two attached hydrogens (primary N) is 2. The summed E-state index contributed by atoms with van der Waals surface area (Å²) in [4.78, 5) is 31.2. The van der Waals surface area contributed by atoms with Crippen LogP contribution in [-0.2, 0) is 23.8 Å². The first-order chi connectivity index (χ1) is 27.7. The third-order valence-electron chi connectivity index (χ3n) is 13.5. The largest absolute Gasteiger partial charge is 0.465 e. The molecule has 5 aliphatic rings. The zero-order valence-electron chi connectivity index (χ0n) is 35.9. The number of aliphatic hydroxyl groups is 1. The van der Waals surface area contributed by atoms with Crippen molar-refractivity contribution < 1.29 is 28.9 Å².